The number of halogens is 6. The number of carbonyl (C=O) groups is 1. The van der Waals surface area contributed by atoms with Crippen molar-refractivity contribution in [2.24, 2.45) is 0 Å². The molecule has 0 aliphatic carbocycles. The maximum absolute atomic E-state index is 13.2. The molecule has 0 spiro atoms. The number of amides is 1. The van der Waals surface area contributed by atoms with Crippen molar-refractivity contribution in [3.8, 4) is 5.75 Å². The van der Waals surface area contributed by atoms with Gasteiger partial charge in [-0.05, 0) is 44.1 Å². The fourth-order valence-corrected chi connectivity index (χ4v) is 4.35. The molecule has 0 saturated carbocycles. The van der Waals surface area contributed by atoms with E-state index in [0.717, 1.165) is 22.6 Å². The smallest absolute Gasteiger partial charge is 0.434 e. The highest BCUT2D eigenvalue weighted by molar-refractivity contribution is 7.10. The van der Waals surface area contributed by atoms with Crippen molar-refractivity contribution >= 4 is 39.6 Å². The van der Waals surface area contributed by atoms with Crippen molar-refractivity contribution < 1.29 is 35.9 Å². The summed E-state index contributed by atoms with van der Waals surface area (Å²) in [4.78, 5) is 23.2. The Balaban J connectivity index is 1.70. The van der Waals surface area contributed by atoms with Gasteiger partial charge in [0.1, 0.15) is 16.6 Å². The van der Waals surface area contributed by atoms with Gasteiger partial charge in [-0.15, -0.1) is 0 Å². The minimum atomic E-state index is -4.63. The summed E-state index contributed by atoms with van der Waals surface area (Å²) in [7, 11) is 4.96. The van der Waals surface area contributed by atoms with Crippen molar-refractivity contribution in [1.29, 1.82) is 0 Å². The molecule has 0 fully saturated rings. The Bertz CT molecular complexity index is 1300. The number of benzene rings is 1. The molecule has 2 N–H and O–H groups in total. The van der Waals surface area contributed by atoms with Gasteiger partial charge in [-0.2, -0.15) is 30.7 Å². The lowest BCUT2D eigenvalue weighted by Gasteiger charge is -2.21. The number of nitrogens with zero attached hydrogens (tertiary/aromatic N) is 5. The van der Waals surface area contributed by atoms with E-state index in [-0.39, 0.29) is 29.5 Å². The first-order valence-electron chi connectivity index (χ1n) is 11.8. The van der Waals surface area contributed by atoms with Gasteiger partial charge >= 0.3 is 12.4 Å². The first kappa shape index (κ1) is 30.9. The number of alkyl halides is 6. The van der Waals surface area contributed by atoms with Crippen LogP contribution in [-0.4, -0.2) is 72.2 Å². The standard InChI is InChI=1S/C24H27F6N7O2S/c1-14-20(22(40-35-14)34-19-12-31-18(11-32-19)24(28,29)30)21(38)33-15-6-7-16(36(2)3)17(10-15)39-9-5-8-37(4)13-23(25,26)27/h6-7,10-12H,5,8-9,13H2,1-4H3,(H,32,34)(H,33,38). The van der Waals surface area contributed by atoms with Crippen molar-refractivity contribution in [3.63, 3.8) is 0 Å². The molecule has 3 rings (SSSR count). The number of aryl methyl sites for hydroxylation is 1. The molecule has 0 bridgehead atoms. The highest BCUT2D eigenvalue weighted by Gasteiger charge is 2.33. The van der Waals surface area contributed by atoms with E-state index in [4.69, 9.17) is 4.74 Å². The molecule has 0 radical (unpaired) electrons. The maximum atomic E-state index is 13.2. The van der Waals surface area contributed by atoms with Crippen LogP contribution in [0.4, 0.5) is 48.5 Å². The molecule has 2 aromatic heterocycles. The fraction of sp³-hybridized carbons (Fsp3) is 0.417. The maximum Gasteiger partial charge on any atom is 0.434 e. The predicted octanol–water partition coefficient (Wildman–Crippen LogP) is 5.59. The van der Waals surface area contributed by atoms with E-state index in [9.17, 15) is 31.1 Å². The van der Waals surface area contributed by atoms with E-state index in [1.54, 1.807) is 44.1 Å². The Labute approximate surface area is 230 Å². The molecule has 16 heteroatoms. The van der Waals surface area contributed by atoms with Crippen LogP contribution in [0.2, 0.25) is 0 Å². The molecule has 9 nitrogen and oxygen atoms in total. The van der Waals surface area contributed by atoms with Gasteiger partial charge in [0.25, 0.3) is 5.91 Å². The summed E-state index contributed by atoms with van der Waals surface area (Å²) in [5.74, 6) is -0.122. The summed E-state index contributed by atoms with van der Waals surface area (Å²) in [5.41, 5.74) is 0.473. The third-order valence-corrected chi connectivity index (χ3v) is 6.22. The van der Waals surface area contributed by atoms with Crippen molar-refractivity contribution in [2.45, 2.75) is 25.7 Å². The predicted molar refractivity (Wildman–Crippen MR) is 140 cm³/mol. The minimum Gasteiger partial charge on any atom is -0.491 e. The van der Waals surface area contributed by atoms with Crippen LogP contribution < -0.4 is 20.3 Å². The lowest BCUT2D eigenvalue weighted by molar-refractivity contribution is -0.143. The summed E-state index contributed by atoms with van der Waals surface area (Å²) in [5, 5.41) is 5.79. The molecule has 0 unspecified atom stereocenters. The van der Waals surface area contributed by atoms with Crippen LogP contribution in [0.5, 0.6) is 5.75 Å². The lowest BCUT2D eigenvalue weighted by atomic mass is 10.2. The largest absolute Gasteiger partial charge is 0.491 e. The van der Waals surface area contributed by atoms with E-state index in [1.165, 1.54) is 7.05 Å². The number of ether oxygens (including phenoxy) is 1. The number of nitrogens with one attached hydrogen (secondary N) is 2. The number of rotatable bonds is 11. The quantitative estimate of drug-likeness (QED) is 0.220. The van der Waals surface area contributed by atoms with E-state index in [0.29, 0.717) is 35.4 Å². The summed E-state index contributed by atoms with van der Waals surface area (Å²) >= 11 is 0.931. The van der Waals surface area contributed by atoms with Gasteiger partial charge < -0.3 is 20.3 Å². The van der Waals surface area contributed by atoms with Gasteiger partial charge in [0.05, 0.1) is 42.5 Å². The number of carbonyl (C=O) groups excluding carboxylic acids is 1. The van der Waals surface area contributed by atoms with Gasteiger partial charge in [-0.1, -0.05) is 0 Å². The number of anilines is 4. The number of aromatic nitrogens is 3. The summed E-state index contributed by atoms with van der Waals surface area (Å²) in [6.07, 6.45) is -7.08. The average molecular weight is 592 g/mol. The summed E-state index contributed by atoms with van der Waals surface area (Å²) < 4.78 is 85.8. The van der Waals surface area contributed by atoms with Gasteiger partial charge in [0.2, 0.25) is 0 Å². The van der Waals surface area contributed by atoms with Crippen LogP contribution in [0.1, 0.15) is 28.2 Å². The SMILES string of the molecule is Cc1nsc(Nc2cnc(C(F)(F)F)cn2)c1C(=O)Nc1ccc(N(C)C)c(OCCCN(C)CC(F)(F)F)c1. The molecule has 0 atom stereocenters. The second-order valence-electron chi connectivity index (χ2n) is 8.97. The van der Waals surface area contributed by atoms with Crippen molar-refractivity contribution in [1.82, 2.24) is 19.2 Å². The van der Waals surface area contributed by atoms with Crippen molar-refractivity contribution in [2.75, 3.05) is 56.4 Å². The van der Waals surface area contributed by atoms with E-state index < -0.39 is 30.5 Å². The molecule has 40 heavy (non-hydrogen) atoms. The second kappa shape index (κ2) is 12.7. The third kappa shape index (κ3) is 8.67. The monoisotopic (exact) mass is 591 g/mol. The molecular formula is C24H27F6N7O2S. The van der Waals surface area contributed by atoms with E-state index in [2.05, 4.69) is 25.0 Å². The zero-order valence-corrected chi connectivity index (χ0v) is 22.8. The minimum absolute atomic E-state index is 0.00222. The highest BCUT2D eigenvalue weighted by Crippen LogP contribution is 2.33. The van der Waals surface area contributed by atoms with Crippen LogP contribution in [0.25, 0.3) is 0 Å². The van der Waals surface area contributed by atoms with Gasteiger partial charge in [0, 0.05) is 32.4 Å². The number of hydrogen-bond acceptors (Lipinski definition) is 9. The number of hydrogen-bond donors (Lipinski definition) is 2. The molecule has 0 saturated heterocycles. The Morgan fingerprint density at radius 1 is 1.07 bits per heavy atom. The zero-order chi connectivity index (χ0) is 29.7. The Morgan fingerprint density at radius 2 is 1.80 bits per heavy atom. The first-order chi connectivity index (χ1) is 18.6. The Hall–Kier alpha value is -3.66. The topological polar surface area (TPSA) is 95.5 Å². The van der Waals surface area contributed by atoms with Crippen LogP contribution >= 0.6 is 11.5 Å². The zero-order valence-electron chi connectivity index (χ0n) is 21.9. The van der Waals surface area contributed by atoms with Crippen LogP contribution in [0.15, 0.2) is 30.6 Å². The second-order valence-corrected chi connectivity index (χ2v) is 9.74. The normalized spacial score (nSPS) is 12.0. The summed E-state index contributed by atoms with van der Waals surface area (Å²) in [6, 6.07) is 4.97. The summed E-state index contributed by atoms with van der Waals surface area (Å²) in [6.45, 7) is 0.915. The molecule has 2 heterocycles. The molecule has 1 aromatic carbocycles. The molecule has 1 amide bonds. The van der Waals surface area contributed by atoms with E-state index >= 15 is 0 Å². The third-order valence-electron chi connectivity index (χ3n) is 5.36. The Kier molecular flexibility index (Phi) is 9.78. The molecule has 3 aromatic rings. The van der Waals surface area contributed by atoms with Gasteiger partial charge in [-0.25, -0.2) is 9.97 Å². The van der Waals surface area contributed by atoms with Crippen LogP contribution in [-0.2, 0) is 6.18 Å². The van der Waals surface area contributed by atoms with Gasteiger partial charge in [-0.3, -0.25) is 9.69 Å². The lowest BCUT2D eigenvalue weighted by Crippen LogP contribution is -2.32. The van der Waals surface area contributed by atoms with Crippen molar-refractivity contribution in [3.05, 3.63) is 47.5 Å². The van der Waals surface area contributed by atoms with Gasteiger partial charge in [0.15, 0.2) is 5.69 Å². The molecule has 0 aliphatic heterocycles. The highest BCUT2D eigenvalue weighted by atomic mass is 32.1. The fourth-order valence-electron chi connectivity index (χ4n) is 3.55. The average Bonchev–Trinajstić information content (AvgIpc) is 3.20. The molecular weight excluding hydrogens is 564 g/mol. The van der Waals surface area contributed by atoms with E-state index in [1.807, 2.05) is 0 Å². The molecule has 218 valence electrons. The van der Waals surface area contributed by atoms with Crippen LogP contribution in [0.3, 0.4) is 0 Å². The molecule has 0 aliphatic rings. The van der Waals surface area contributed by atoms with Crippen LogP contribution in [0, 0.1) is 6.92 Å². The Morgan fingerprint density at radius 3 is 2.40 bits per heavy atom. The first-order valence-corrected chi connectivity index (χ1v) is 12.5.